The molecule has 0 heterocycles. The fourth-order valence-corrected chi connectivity index (χ4v) is 2.52. The van der Waals surface area contributed by atoms with E-state index in [0.29, 0.717) is 29.2 Å². The van der Waals surface area contributed by atoms with Crippen LogP contribution in [0.4, 0.5) is 5.69 Å². The molecule has 0 fully saturated rings. The summed E-state index contributed by atoms with van der Waals surface area (Å²) in [4.78, 5) is 35.7. The summed E-state index contributed by atoms with van der Waals surface area (Å²) in [5.74, 6) is 0.0733. The summed E-state index contributed by atoms with van der Waals surface area (Å²) in [5, 5.41) is 2.74. The smallest absolute Gasteiger partial charge is 0.269 e. The number of carbonyl (C=O) groups excluding carboxylic acids is 3. The van der Waals surface area contributed by atoms with Gasteiger partial charge in [-0.1, -0.05) is 13.0 Å². The molecule has 0 saturated heterocycles. The van der Waals surface area contributed by atoms with Crippen molar-refractivity contribution in [3.63, 3.8) is 0 Å². The van der Waals surface area contributed by atoms with Crippen LogP contribution in [0.2, 0.25) is 0 Å². The van der Waals surface area contributed by atoms with Crippen molar-refractivity contribution in [3.8, 4) is 11.5 Å². The third-order valence-corrected chi connectivity index (χ3v) is 4.04. The van der Waals surface area contributed by atoms with Crippen LogP contribution in [0.1, 0.15) is 35.7 Å². The zero-order chi connectivity index (χ0) is 21.9. The Hall–Kier alpha value is -3.81. The Labute approximate surface area is 175 Å². The number of hydrazine groups is 1. The van der Waals surface area contributed by atoms with Gasteiger partial charge in [0.1, 0.15) is 0 Å². The maximum Gasteiger partial charge on any atom is 0.269 e. The van der Waals surface area contributed by atoms with Gasteiger partial charge in [-0.2, -0.15) is 0 Å². The highest BCUT2D eigenvalue weighted by Gasteiger charge is 2.08. The van der Waals surface area contributed by atoms with Gasteiger partial charge in [-0.05, 0) is 54.5 Å². The van der Waals surface area contributed by atoms with Gasteiger partial charge in [-0.15, -0.1) is 0 Å². The molecule has 2 rings (SSSR count). The summed E-state index contributed by atoms with van der Waals surface area (Å²) < 4.78 is 10.4. The molecule has 8 heteroatoms. The second-order valence-corrected chi connectivity index (χ2v) is 6.27. The maximum atomic E-state index is 12.1. The van der Waals surface area contributed by atoms with Gasteiger partial charge in [0.2, 0.25) is 5.91 Å². The Morgan fingerprint density at radius 2 is 1.63 bits per heavy atom. The van der Waals surface area contributed by atoms with Crippen molar-refractivity contribution >= 4 is 29.5 Å². The molecular formula is C22H25N3O5. The number of amides is 3. The molecule has 0 bridgehead atoms. The fraction of sp³-hybridized carbons (Fsp3) is 0.227. The predicted octanol–water partition coefficient (Wildman–Crippen LogP) is 2.92. The summed E-state index contributed by atoms with van der Waals surface area (Å²) in [7, 11) is 3.07. The third kappa shape index (κ3) is 6.66. The standard InChI is InChI=1S/C22H25N3O5/c1-4-5-20(26)23-17-10-8-16(9-11-17)22(28)25-24-21(27)13-7-15-6-12-18(29-2)19(14-15)30-3/h6-14H,4-5H2,1-3H3,(H,23,26)(H,24,27)(H,25,28). The zero-order valence-electron chi connectivity index (χ0n) is 17.2. The van der Waals surface area contributed by atoms with Gasteiger partial charge in [0.15, 0.2) is 11.5 Å². The minimum atomic E-state index is -0.499. The number of methoxy groups -OCH3 is 2. The van der Waals surface area contributed by atoms with E-state index in [0.717, 1.165) is 12.0 Å². The van der Waals surface area contributed by atoms with Crippen LogP contribution in [-0.4, -0.2) is 31.9 Å². The molecule has 0 aromatic heterocycles. The van der Waals surface area contributed by atoms with E-state index >= 15 is 0 Å². The molecule has 158 valence electrons. The quantitative estimate of drug-likeness (QED) is 0.458. The van der Waals surface area contributed by atoms with Gasteiger partial charge in [0, 0.05) is 23.7 Å². The first-order valence-electron chi connectivity index (χ1n) is 9.37. The molecule has 3 N–H and O–H groups in total. The van der Waals surface area contributed by atoms with E-state index in [1.54, 1.807) is 55.7 Å². The number of hydrogen-bond acceptors (Lipinski definition) is 5. The zero-order valence-corrected chi connectivity index (χ0v) is 17.2. The van der Waals surface area contributed by atoms with Crippen molar-refractivity contribution in [1.82, 2.24) is 10.9 Å². The summed E-state index contributed by atoms with van der Waals surface area (Å²) in [6, 6.07) is 11.6. The largest absolute Gasteiger partial charge is 0.493 e. The first-order chi connectivity index (χ1) is 14.5. The van der Waals surface area contributed by atoms with Crippen LogP contribution in [0.25, 0.3) is 6.08 Å². The Morgan fingerprint density at radius 1 is 0.933 bits per heavy atom. The molecule has 0 spiro atoms. The molecule has 8 nitrogen and oxygen atoms in total. The van der Waals surface area contributed by atoms with Crippen molar-refractivity contribution < 1.29 is 23.9 Å². The van der Waals surface area contributed by atoms with E-state index in [-0.39, 0.29) is 5.91 Å². The molecule has 2 aromatic carbocycles. The minimum Gasteiger partial charge on any atom is -0.493 e. The molecule has 0 aliphatic rings. The highest BCUT2D eigenvalue weighted by atomic mass is 16.5. The molecule has 0 radical (unpaired) electrons. The van der Waals surface area contributed by atoms with Gasteiger partial charge in [-0.3, -0.25) is 25.2 Å². The first kappa shape index (κ1) is 22.5. The van der Waals surface area contributed by atoms with Crippen LogP contribution in [0.5, 0.6) is 11.5 Å². The lowest BCUT2D eigenvalue weighted by Gasteiger charge is -2.08. The number of hydrogen-bond donors (Lipinski definition) is 3. The molecule has 0 atom stereocenters. The second kappa shape index (κ2) is 11.3. The second-order valence-electron chi connectivity index (χ2n) is 6.27. The van der Waals surface area contributed by atoms with Gasteiger partial charge < -0.3 is 14.8 Å². The highest BCUT2D eigenvalue weighted by molar-refractivity contribution is 5.98. The summed E-state index contributed by atoms with van der Waals surface area (Å²) in [6.07, 6.45) is 4.06. The summed E-state index contributed by atoms with van der Waals surface area (Å²) in [6.45, 7) is 1.92. The number of nitrogens with one attached hydrogen (secondary N) is 3. The topological polar surface area (TPSA) is 106 Å². The lowest BCUT2D eigenvalue weighted by Crippen LogP contribution is -2.40. The molecule has 0 saturated carbocycles. The van der Waals surface area contributed by atoms with E-state index in [9.17, 15) is 14.4 Å². The number of carbonyl (C=O) groups is 3. The van der Waals surface area contributed by atoms with Gasteiger partial charge >= 0.3 is 0 Å². The van der Waals surface area contributed by atoms with Crippen molar-refractivity contribution in [3.05, 3.63) is 59.7 Å². The normalized spacial score (nSPS) is 10.4. The van der Waals surface area contributed by atoms with Crippen molar-refractivity contribution in [1.29, 1.82) is 0 Å². The van der Waals surface area contributed by atoms with Crippen LogP contribution in [0.3, 0.4) is 0 Å². The molecule has 2 aromatic rings. The molecule has 3 amide bonds. The Morgan fingerprint density at radius 3 is 2.27 bits per heavy atom. The summed E-state index contributed by atoms with van der Waals surface area (Å²) >= 11 is 0. The van der Waals surface area contributed by atoms with Crippen LogP contribution in [-0.2, 0) is 9.59 Å². The van der Waals surface area contributed by atoms with E-state index in [4.69, 9.17) is 9.47 Å². The lowest BCUT2D eigenvalue weighted by molar-refractivity contribution is -0.117. The Kier molecular flexibility index (Phi) is 8.43. The molecule has 0 aliphatic heterocycles. The van der Waals surface area contributed by atoms with E-state index in [2.05, 4.69) is 16.2 Å². The molecule has 30 heavy (non-hydrogen) atoms. The van der Waals surface area contributed by atoms with E-state index < -0.39 is 11.8 Å². The number of anilines is 1. The maximum absolute atomic E-state index is 12.1. The van der Waals surface area contributed by atoms with Crippen LogP contribution >= 0.6 is 0 Å². The average Bonchev–Trinajstić information content (AvgIpc) is 2.76. The lowest BCUT2D eigenvalue weighted by atomic mass is 10.2. The number of ether oxygens (including phenoxy) is 2. The average molecular weight is 411 g/mol. The van der Waals surface area contributed by atoms with E-state index in [1.165, 1.54) is 13.2 Å². The Bertz CT molecular complexity index is 923. The predicted molar refractivity (Wildman–Crippen MR) is 114 cm³/mol. The van der Waals surface area contributed by atoms with Crippen molar-refractivity contribution in [2.24, 2.45) is 0 Å². The fourth-order valence-electron chi connectivity index (χ4n) is 2.52. The van der Waals surface area contributed by atoms with Crippen molar-refractivity contribution in [2.75, 3.05) is 19.5 Å². The van der Waals surface area contributed by atoms with Crippen molar-refractivity contribution in [2.45, 2.75) is 19.8 Å². The first-order valence-corrected chi connectivity index (χ1v) is 9.37. The monoisotopic (exact) mass is 411 g/mol. The molecule has 0 aliphatic carbocycles. The minimum absolute atomic E-state index is 0.0803. The third-order valence-electron chi connectivity index (χ3n) is 4.04. The van der Waals surface area contributed by atoms with Gasteiger partial charge in [0.25, 0.3) is 11.8 Å². The molecular weight excluding hydrogens is 386 g/mol. The summed E-state index contributed by atoms with van der Waals surface area (Å²) in [5.41, 5.74) is 6.32. The highest BCUT2D eigenvalue weighted by Crippen LogP contribution is 2.27. The van der Waals surface area contributed by atoms with Gasteiger partial charge in [-0.25, -0.2) is 0 Å². The number of rotatable bonds is 8. The van der Waals surface area contributed by atoms with Gasteiger partial charge in [0.05, 0.1) is 14.2 Å². The van der Waals surface area contributed by atoms with Crippen LogP contribution < -0.4 is 25.6 Å². The number of benzene rings is 2. The SMILES string of the molecule is CCCC(=O)Nc1ccc(C(=O)NNC(=O)C=Cc2ccc(OC)c(OC)c2)cc1. The van der Waals surface area contributed by atoms with Crippen LogP contribution in [0, 0.1) is 0 Å². The molecule has 0 unspecified atom stereocenters. The Balaban J connectivity index is 1.87. The van der Waals surface area contributed by atoms with E-state index in [1.807, 2.05) is 6.92 Å². The van der Waals surface area contributed by atoms with Crippen LogP contribution in [0.15, 0.2) is 48.5 Å².